The standard InChI is InChI=1S/C16H25N/c1-11-6-5-7-13(12(11)2)14-10-16(3,4)9-8-15(14)17/h5-7,14-15H,8-10,17H2,1-4H3. The van der Waals surface area contributed by atoms with Gasteiger partial charge in [-0.1, -0.05) is 32.0 Å². The zero-order valence-corrected chi connectivity index (χ0v) is 11.6. The van der Waals surface area contributed by atoms with Gasteiger partial charge >= 0.3 is 0 Å². The predicted molar refractivity (Wildman–Crippen MR) is 74.3 cm³/mol. The first kappa shape index (κ1) is 12.6. The molecule has 2 unspecified atom stereocenters. The molecule has 2 N–H and O–H groups in total. The van der Waals surface area contributed by atoms with E-state index in [1.54, 1.807) is 0 Å². The topological polar surface area (TPSA) is 26.0 Å². The van der Waals surface area contributed by atoms with Crippen molar-refractivity contribution in [3.8, 4) is 0 Å². The highest BCUT2D eigenvalue weighted by molar-refractivity contribution is 5.37. The minimum atomic E-state index is 0.337. The maximum atomic E-state index is 6.35. The molecule has 0 saturated heterocycles. The van der Waals surface area contributed by atoms with Crippen molar-refractivity contribution >= 4 is 0 Å². The van der Waals surface area contributed by atoms with E-state index >= 15 is 0 Å². The van der Waals surface area contributed by atoms with Crippen LogP contribution in [0.25, 0.3) is 0 Å². The minimum Gasteiger partial charge on any atom is -0.327 e. The Morgan fingerprint density at radius 1 is 1.24 bits per heavy atom. The Balaban J connectivity index is 2.34. The maximum Gasteiger partial charge on any atom is 0.0108 e. The van der Waals surface area contributed by atoms with Crippen molar-refractivity contribution in [3.05, 3.63) is 34.9 Å². The van der Waals surface area contributed by atoms with Gasteiger partial charge in [-0.3, -0.25) is 0 Å². The minimum absolute atomic E-state index is 0.337. The number of rotatable bonds is 1. The third-order valence-electron chi connectivity index (χ3n) is 4.49. The molecule has 1 heteroatoms. The Kier molecular flexibility index (Phi) is 3.31. The van der Waals surface area contributed by atoms with Crippen molar-refractivity contribution in [3.63, 3.8) is 0 Å². The monoisotopic (exact) mass is 231 g/mol. The average molecular weight is 231 g/mol. The van der Waals surface area contributed by atoms with Gasteiger partial charge in [0.25, 0.3) is 0 Å². The third-order valence-corrected chi connectivity index (χ3v) is 4.49. The Labute approximate surface area is 105 Å². The molecule has 1 aromatic rings. The van der Waals surface area contributed by atoms with Crippen molar-refractivity contribution < 1.29 is 0 Å². The van der Waals surface area contributed by atoms with E-state index in [-0.39, 0.29) is 0 Å². The van der Waals surface area contributed by atoms with Gasteiger partial charge in [0.2, 0.25) is 0 Å². The summed E-state index contributed by atoms with van der Waals surface area (Å²) in [5.41, 5.74) is 11.1. The summed E-state index contributed by atoms with van der Waals surface area (Å²) in [7, 11) is 0. The summed E-state index contributed by atoms with van der Waals surface area (Å²) in [5, 5.41) is 0. The largest absolute Gasteiger partial charge is 0.327 e. The lowest BCUT2D eigenvalue weighted by atomic mass is 9.67. The Morgan fingerprint density at radius 2 is 1.94 bits per heavy atom. The molecule has 1 aliphatic carbocycles. The van der Waals surface area contributed by atoms with Gasteiger partial charge in [0, 0.05) is 6.04 Å². The quantitative estimate of drug-likeness (QED) is 0.778. The average Bonchev–Trinajstić information content (AvgIpc) is 2.26. The molecule has 94 valence electrons. The molecule has 1 fully saturated rings. The zero-order valence-electron chi connectivity index (χ0n) is 11.6. The Bertz CT molecular complexity index is 406. The molecule has 1 aliphatic rings. The molecule has 0 heterocycles. The summed E-state index contributed by atoms with van der Waals surface area (Å²) in [6.45, 7) is 9.17. The lowest BCUT2D eigenvalue weighted by Gasteiger charge is -2.40. The first-order valence-electron chi connectivity index (χ1n) is 6.72. The van der Waals surface area contributed by atoms with Crippen LogP contribution in [-0.4, -0.2) is 6.04 Å². The van der Waals surface area contributed by atoms with Gasteiger partial charge < -0.3 is 5.73 Å². The van der Waals surface area contributed by atoms with E-state index in [9.17, 15) is 0 Å². The summed E-state index contributed by atoms with van der Waals surface area (Å²) < 4.78 is 0. The molecule has 0 aromatic heterocycles. The summed E-state index contributed by atoms with van der Waals surface area (Å²) in [5.74, 6) is 0.540. The molecule has 1 aromatic carbocycles. The van der Waals surface area contributed by atoms with Crippen molar-refractivity contribution in [1.29, 1.82) is 0 Å². The van der Waals surface area contributed by atoms with Gasteiger partial charge in [-0.05, 0) is 61.1 Å². The molecule has 0 radical (unpaired) electrons. The van der Waals surface area contributed by atoms with Crippen molar-refractivity contribution in [2.75, 3.05) is 0 Å². The van der Waals surface area contributed by atoms with E-state index in [1.165, 1.54) is 29.5 Å². The molecular formula is C16H25N. The molecule has 1 saturated carbocycles. The second-order valence-corrected chi connectivity index (χ2v) is 6.47. The molecule has 17 heavy (non-hydrogen) atoms. The van der Waals surface area contributed by atoms with Crippen LogP contribution in [0.3, 0.4) is 0 Å². The fourth-order valence-electron chi connectivity index (χ4n) is 3.12. The SMILES string of the molecule is Cc1cccc(C2CC(C)(C)CCC2N)c1C. The molecule has 0 amide bonds. The van der Waals surface area contributed by atoms with Crippen molar-refractivity contribution in [2.24, 2.45) is 11.1 Å². The first-order chi connectivity index (χ1) is 7.91. The highest BCUT2D eigenvalue weighted by Crippen LogP contribution is 2.43. The van der Waals surface area contributed by atoms with E-state index in [0.29, 0.717) is 17.4 Å². The van der Waals surface area contributed by atoms with Crippen LogP contribution < -0.4 is 5.73 Å². The van der Waals surface area contributed by atoms with Gasteiger partial charge in [-0.2, -0.15) is 0 Å². The van der Waals surface area contributed by atoms with Gasteiger partial charge in [0.05, 0.1) is 0 Å². The number of hydrogen-bond donors (Lipinski definition) is 1. The first-order valence-corrected chi connectivity index (χ1v) is 6.72. The number of benzene rings is 1. The smallest absolute Gasteiger partial charge is 0.0108 e. The number of nitrogens with two attached hydrogens (primary N) is 1. The molecule has 2 atom stereocenters. The third kappa shape index (κ3) is 2.55. The van der Waals surface area contributed by atoms with Gasteiger partial charge in [0.15, 0.2) is 0 Å². The van der Waals surface area contributed by atoms with Crippen LogP contribution >= 0.6 is 0 Å². The summed E-state index contributed by atoms with van der Waals surface area (Å²) in [6, 6.07) is 6.97. The number of aryl methyl sites for hydroxylation is 1. The molecule has 2 rings (SSSR count). The van der Waals surface area contributed by atoms with Crippen LogP contribution in [0.15, 0.2) is 18.2 Å². The molecular weight excluding hydrogens is 206 g/mol. The van der Waals surface area contributed by atoms with Crippen LogP contribution in [0, 0.1) is 19.3 Å². The van der Waals surface area contributed by atoms with Crippen LogP contribution in [-0.2, 0) is 0 Å². The maximum absolute atomic E-state index is 6.35. The van der Waals surface area contributed by atoms with Gasteiger partial charge in [-0.15, -0.1) is 0 Å². The number of hydrogen-bond acceptors (Lipinski definition) is 1. The molecule has 0 spiro atoms. The molecule has 0 aliphatic heterocycles. The lowest BCUT2D eigenvalue weighted by Crippen LogP contribution is -2.38. The van der Waals surface area contributed by atoms with Crippen molar-refractivity contribution in [1.82, 2.24) is 0 Å². The van der Waals surface area contributed by atoms with Crippen LogP contribution in [0.2, 0.25) is 0 Å². The normalized spacial score (nSPS) is 28.1. The fraction of sp³-hybridized carbons (Fsp3) is 0.625. The summed E-state index contributed by atoms with van der Waals surface area (Å²) in [6.07, 6.45) is 3.64. The Morgan fingerprint density at radius 3 is 2.65 bits per heavy atom. The predicted octanol–water partition coefficient (Wildman–Crippen LogP) is 3.92. The van der Waals surface area contributed by atoms with E-state index in [1.807, 2.05) is 0 Å². The van der Waals surface area contributed by atoms with Crippen LogP contribution in [0.1, 0.15) is 55.7 Å². The summed E-state index contributed by atoms with van der Waals surface area (Å²) >= 11 is 0. The van der Waals surface area contributed by atoms with Crippen LogP contribution in [0.5, 0.6) is 0 Å². The Hall–Kier alpha value is -0.820. The molecule has 1 nitrogen and oxygen atoms in total. The second-order valence-electron chi connectivity index (χ2n) is 6.47. The van der Waals surface area contributed by atoms with E-state index in [2.05, 4.69) is 45.9 Å². The highest BCUT2D eigenvalue weighted by atomic mass is 14.7. The van der Waals surface area contributed by atoms with Gasteiger partial charge in [0.1, 0.15) is 0 Å². The summed E-state index contributed by atoms with van der Waals surface area (Å²) in [4.78, 5) is 0. The van der Waals surface area contributed by atoms with Crippen molar-refractivity contribution in [2.45, 2.75) is 58.9 Å². The molecule has 0 bridgehead atoms. The van der Waals surface area contributed by atoms with E-state index in [4.69, 9.17) is 5.73 Å². The lowest BCUT2D eigenvalue weighted by molar-refractivity contribution is 0.198. The van der Waals surface area contributed by atoms with Gasteiger partial charge in [-0.25, -0.2) is 0 Å². The van der Waals surface area contributed by atoms with E-state index in [0.717, 1.165) is 6.42 Å². The fourth-order valence-corrected chi connectivity index (χ4v) is 3.12. The van der Waals surface area contributed by atoms with E-state index < -0.39 is 0 Å². The van der Waals surface area contributed by atoms with Crippen LogP contribution in [0.4, 0.5) is 0 Å². The second kappa shape index (κ2) is 4.45. The zero-order chi connectivity index (χ0) is 12.6. The highest BCUT2D eigenvalue weighted by Gasteiger charge is 2.34.